The van der Waals surface area contributed by atoms with Gasteiger partial charge in [-0.3, -0.25) is 9.59 Å². The number of nitrogens with one attached hydrogen (secondary N) is 2. The largest absolute Gasteiger partial charge is 0.457 e. The molecule has 1 aliphatic carbocycles. The summed E-state index contributed by atoms with van der Waals surface area (Å²) in [5.74, 6) is -0.348. The number of halogens is 1. The number of anilines is 1. The third-order valence-electron chi connectivity index (χ3n) is 3.18. The third-order valence-corrected chi connectivity index (χ3v) is 3.79. The van der Waals surface area contributed by atoms with Crippen molar-refractivity contribution in [1.82, 2.24) is 5.32 Å². The van der Waals surface area contributed by atoms with E-state index in [-0.39, 0.29) is 11.8 Å². The normalized spacial score (nSPS) is 13.8. The van der Waals surface area contributed by atoms with E-state index in [1.54, 1.807) is 30.3 Å². The van der Waals surface area contributed by atoms with E-state index < -0.39 is 0 Å². The van der Waals surface area contributed by atoms with Gasteiger partial charge in [0.05, 0.1) is 11.8 Å². The highest BCUT2D eigenvalue weighted by Gasteiger charge is 2.23. The molecule has 3 rings (SSSR count). The molecule has 0 saturated heterocycles. The molecule has 21 heavy (non-hydrogen) atoms. The fraction of sp³-hybridized carbons (Fsp3) is 0.200. The molecule has 2 N–H and O–H groups in total. The Morgan fingerprint density at radius 2 is 1.81 bits per heavy atom. The minimum Gasteiger partial charge on any atom is -0.457 e. The van der Waals surface area contributed by atoms with Gasteiger partial charge in [0, 0.05) is 17.3 Å². The number of hydrogen-bond acceptors (Lipinski definition) is 3. The molecule has 5 nitrogen and oxygen atoms in total. The van der Waals surface area contributed by atoms with E-state index in [2.05, 4.69) is 26.6 Å². The first-order chi connectivity index (χ1) is 10.1. The molecule has 0 atom stereocenters. The van der Waals surface area contributed by atoms with Crippen LogP contribution in [-0.4, -0.2) is 17.9 Å². The Kier molecular flexibility index (Phi) is 3.79. The molecule has 1 aliphatic rings. The highest BCUT2D eigenvalue weighted by atomic mass is 79.9. The predicted octanol–water partition coefficient (Wildman–Crippen LogP) is 3.19. The van der Waals surface area contributed by atoms with Gasteiger partial charge in [-0.2, -0.15) is 0 Å². The van der Waals surface area contributed by atoms with E-state index in [0.717, 1.165) is 12.8 Å². The van der Waals surface area contributed by atoms with Crippen molar-refractivity contribution in [3.8, 4) is 0 Å². The summed E-state index contributed by atoms with van der Waals surface area (Å²) in [6.45, 7) is 0. The lowest BCUT2D eigenvalue weighted by molar-refractivity contribution is 0.0950. The van der Waals surface area contributed by atoms with Crippen molar-refractivity contribution in [3.63, 3.8) is 0 Å². The molecule has 0 spiro atoms. The SMILES string of the molecule is O=C(NC1CC1)c1ccc(NC(=O)c2ccoc2Br)cc1. The van der Waals surface area contributed by atoms with Crippen LogP contribution >= 0.6 is 15.9 Å². The fourth-order valence-corrected chi connectivity index (χ4v) is 2.28. The van der Waals surface area contributed by atoms with Crippen molar-refractivity contribution in [1.29, 1.82) is 0 Å². The van der Waals surface area contributed by atoms with E-state index in [0.29, 0.717) is 27.5 Å². The van der Waals surface area contributed by atoms with Gasteiger partial charge in [-0.25, -0.2) is 0 Å². The zero-order valence-corrected chi connectivity index (χ0v) is 12.6. The smallest absolute Gasteiger partial charge is 0.260 e. The van der Waals surface area contributed by atoms with E-state index in [4.69, 9.17) is 4.42 Å². The minimum atomic E-state index is -0.272. The van der Waals surface area contributed by atoms with Crippen LogP contribution in [0.1, 0.15) is 33.6 Å². The number of hydrogen-bond donors (Lipinski definition) is 2. The van der Waals surface area contributed by atoms with Crippen LogP contribution in [0, 0.1) is 0 Å². The lowest BCUT2D eigenvalue weighted by atomic mass is 10.2. The summed E-state index contributed by atoms with van der Waals surface area (Å²) >= 11 is 3.16. The Balaban J connectivity index is 1.65. The van der Waals surface area contributed by atoms with Crippen LogP contribution in [0.15, 0.2) is 45.7 Å². The van der Waals surface area contributed by atoms with Crippen molar-refractivity contribution in [2.45, 2.75) is 18.9 Å². The van der Waals surface area contributed by atoms with Crippen molar-refractivity contribution in [3.05, 3.63) is 52.4 Å². The Bertz CT molecular complexity index is 674. The molecule has 2 aromatic rings. The third kappa shape index (κ3) is 3.33. The van der Waals surface area contributed by atoms with E-state index >= 15 is 0 Å². The summed E-state index contributed by atoms with van der Waals surface area (Å²) in [6.07, 6.45) is 3.54. The Morgan fingerprint density at radius 1 is 1.10 bits per heavy atom. The number of rotatable bonds is 4. The van der Waals surface area contributed by atoms with E-state index in [1.165, 1.54) is 6.26 Å². The maximum Gasteiger partial charge on any atom is 0.260 e. The van der Waals surface area contributed by atoms with Crippen LogP contribution < -0.4 is 10.6 Å². The second-order valence-electron chi connectivity index (χ2n) is 4.89. The number of furan rings is 1. The van der Waals surface area contributed by atoms with Crippen LogP contribution in [0.5, 0.6) is 0 Å². The van der Waals surface area contributed by atoms with Gasteiger partial charge < -0.3 is 15.1 Å². The van der Waals surface area contributed by atoms with Crippen molar-refractivity contribution >= 4 is 33.4 Å². The molecule has 108 valence electrons. The molecule has 1 heterocycles. The van der Waals surface area contributed by atoms with Crippen LogP contribution in [0.2, 0.25) is 0 Å². The molecule has 0 unspecified atom stereocenters. The Morgan fingerprint density at radius 3 is 2.38 bits per heavy atom. The standard InChI is InChI=1S/C15H13BrN2O3/c16-13-12(7-8-21-13)15(20)18-10-3-1-9(2-4-10)14(19)17-11-5-6-11/h1-4,7-8,11H,5-6H2,(H,17,19)(H,18,20). The quantitative estimate of drug-likeness (QED) is 0.891. The highest BCUT2D eigenvalue weighted by Crippen LogP contribution is 2.21. The van der Waals surface area contributed by atoms with Gasteiger partial charge in [0.1, 0.15) is 0 Å². The molecular weight excluding hydrogens is 336 g/mol. The van der Waals surface area contributed by atoms with Gasteiger partial charge in [0.25, 0.3) is 11.8 Å². The van der Waals surface area contributed by atoms with Crippen molar-refractivity contribution in [2.24, 2.45) is 0 Å². The van der Waals surface area contributed by atoms with Gasteiger partial charge >= 0.3 is 0 Å². The monoisotopic (exact) mass is 348 g/mol. The summed E-state index contributed by atoms with van der Waals surface area (Å²) in [6, 6.07) is 8.70. The van der Waals surface area contributed by atoms with Crippen LogP contribution in [0.4, 0.5) is 5.69 Å². The molecule has 2 amide bonds. The zero-order valence-electron chi connectivity index (χ0n) is 11.1. The first-order valence-electron chi connectivity index (χ1n) is 6.59. The number of amides is 2. The number of carbonyl (C=O) groups excluding carboxylic acids is 2. The average molecular weight is 349 g/mol. The molecule has 1 saturated carbocycles. The van der Waals surface area contributed by atoms with Gasteiger partial charge in [0.15, 0.2) is 4.67 Å². The summed E-state index contributed by atoms with van der Waals surface area (Å²) in [5, 5.41) is 5.66. The summed E-state index contributed by atoms with van der Waals surface area (Å²) in [7, 11) is 0. The molecule has 1 aromatic heterocycles. The van der Waals surface area contributed by atoms with Gasteiger partial charge in [-0.15, -0.1) is 0 Å². The number of carbonyl (C=O) groups is 2. The first-order valence-corrected chi connectivity index (χ1v) is 7.38. The molecule has 0 radical (unpaired) electrons. The first kappa shape index (κ1) is 13.9. The molecule has 1 aromatic carbocycles. The molecule has 1 fully saturated rings. The highest BCUT2D eigenvalue weighted by molar-refractivity contribution is 9.10. The zero-order chi connectivity index (χ0) is 14.8. The average Bonchev–Trinajstić information content (AvgIpc) is 3.18. The predicted molar refractivity (Wildman–Crippen MR) is 81.3 cm³/mol. The van der Waals surface area contributed by atoms with Gasteiger partial charge in [0.2, 0.25) is 0 Å². The lowest BCUT2D eigenvalue weighted by Crippen LogP contribution is -2.25. The summed E-state index contributed by atoms with van der Waals surface area (Å²) < 4.78 is 5.41. The minimum absolute atomic E-state index is 0.0760. The second-order valence-corrected chi connectivity index (χ2v) is 5.61. The number of benzene rings is 1. The van der Waals surface area contributed by atoms with Crippen LogP contribution in [0.25, 0.3) is 0 Å². The van der Waals surface area contributed by atoms with Crippen molar-refractivity contribution < 1.29 is 14.0 Å². The Labute approximate surface area is 129 Å². The maximum atomic E-state index is 12.0. The topological polar surface area (TPSA) is 71.3 Å². The van der Waals surface area contributed by atoms with E-state index in [9.17, 15) is 9.59 Å². The van der Waals surface area contributed by atoms with Gasteiger partial charge in [-0.1, -0.05) is 0 Å². The lowest BCUT2D eigenvalue weighted by Gasteiger charge is -2.06. The fourth-order valence-electron chi connectivity index (χ4n) is 1.86. The maximum absolute atomic E-state index is 12.0. The molecule has 0 bridgehead atoms. The molecule has 6 heteroatoms. The van der Waals surface area contributed by atoms with Crippen molar-refractivity contribution in [2.75, 3.05) is 5.32 Å². The molecule has 0 aliphatic heterocycles. The second kappa shape index (κ2) is 5.73. The van der Waals surface area contributed by atoms with Gasteiger partial charge in [-0.05, 0) is 59.1 Å². The molecular formula is C15H13BrN2O3. The summed E-state index contributed by atoms with van der Waals surface area (Å²) in [4.78, 5) is 23.8. The summed E-state index contributed by atoms with van der Waals surface area (Å²) in [5.41, 5.74) is 1.63. The van der Waals surface area contributed by atoms with E-state index in [1.807, 2.05) is 0 Å². The van der Waals surface area contributed by atoms with Crippen LogP contribution in [-0.2, 0) is 0 Å². The Hall–Kier alpha value is -2.08. The van der Waals surface area contributed by atoms with Crippen LogP contribution in [0.3, 0.4) is 0 Å².